The maximum atomic E-state index is 13.0. The highest BCUT2D eigenvalue weighted by Gasteiger charge is 2.36. The Kier molecular flexibility index (Phi) is 6.91. The fraction of sp³-hybridized carbons (Fsp3) is 0.417. The number of hydrogen-bond acceptors (Lipinski definition) is 6. The quantitative estimate of drug-likeness (QED) is 0.566. The molecule has 2 atom stereocenters. The lowest BCUT2D eigenvalue weighted by molar-refractivity contribution is -0.137. The predicted molar refractivity (Wildman–Crippen MR) is 120 cm³/mol. The third kappa shape index (κ3) is 5.55. The maximum Gasteiger partial charge on any atom is 0.260 e. The molecule has 2 aromatic carbocycles. The number of nitrogens with zero attached hydrogens (tertiary/aromatic N) is 1. The molecule has 2 aliphatic heterocycles. The molecule has 2 heterocycles. The molecule has 0 spiro atoms. The number of rotatable bonds is 8. The average molecular weight is 458 g/mol. The van der Waals surface area contributed by atoms with Crippen LogP contribution in [0.25, 0.3) is 0 Å². The summed E-state index contributed by atoms with van der Waals surface area (Å²) in [5.41, 5.74) is 1.14. The molecule has 8 heteroatoms. The van der Waals surface area contributed by atoms with Crippen LogP contribution < -0.4 is 4.74 Å². The molecule has 0 unspecified atom stereocenters. The maximum absolute atomic E-state index is 13.0. The summed E-state index contributed by atoms with van der Waals surface area (Å²) in [6.07, 6.45) is 2.18. The Morgan fingerprint density at radius 2 is 1.72 bits per heavy atom. The molecular formula is C24H27NO6S. The van der Waals surface area contributed by atoms with Crippen LogP contribution in [0.3, 0.4) is 0 Å². The molecular weight excluding hydrogens is 430 g/mol. The Hall–Kier alpha value is -2.71. The van der Waals surface area contributed by atoms with Crippen LogP contribution in [0.2, 0.25) is 0 Å². The van der Waals surface area contributed by atoms with Gasteiger partial charge in [-0.25, -0.2) is 8.42 Å². The van der Waals surface area contributed by atoms with Crippen LogP contribution >= 0.6 is 0 Å². The van der Waals surface area contributed by atoms with Crippen LogP contribution in [-0.2, 0) is 19.4 Å². The number of ketones is 1. The third-order valence-electron chi connectivity index (χ3n) is 5.91. The minimum absolute atomic E-state index is 0.0121. The fourth-order valence-corrected chi connectivity index (χ4v) is 5.90. The summed E-state index contributed by atoms with van der Waals surface area (Å²) in [5, 5.41) is 0. The number of hydrogen-bond donors (Lipinski definition) is 0. The Bertz CT molecular complexity index is 1050. The molecule has 2 fully saturated rings. The minimum atomic E-state index is -3.12. The van der Waals surface area contributed by atoms with Gasteiger partial charge in [0.2, 0.25) is 0 Å². The Labute approximate surface area is 188 Å². The number of ether oxygens (including phenoxy) is 2. The lowest BCUT2D eigenvalue weighted by Gasteiger charge is -2.30. The number of benzene rings is 2. The van der Waals surface area contributed by atoms with Crippen molar-refractivity contribution in [2.45, 2.75) is 31.4 Å². The van der Waals surface area contributed by atoms with Crippen molar-refractivity contribution < 1.29 is 27.5 Å². The van der Waals surface area contributed by atoms with Gasteiger partial charge in [-0.3, -0.25) is 9.59 Å². The first-order valence-corrected chi connectivity index (χ1v) is 12.7. The standard InChI is InChI=1S/C24H27NO6S/c26-23(25(15-22-7-4-13-30-22)20-12-14-32(28,29)17-20)16-31-21-10-8-19(9-11-21)24(27)18-5-2-1-3-6-18/h1-3,5-6,8-11,20,22H,4,7,12-17H2/t20-,22-/m0/s1. The second-order valence-electron chi connectivity index (χ2n) is 8.25. The van der Waals surface area contributed by atoms with E-state index in [0.717, 1.165) is 12.8 Å². The molecule has 7 nitrogen and oxygen atoms in total. The van der Waals surface area contributed by atoms with E-state index in [-0.39, 0.29) is 41.9 Å². The van der Waals surface area contributed by atoms with Gasteiger partial charge in [-0.05, 0) is 43.5 Å². The molecule has 0 aliphatic carbocycles. The van der Waals surface area contributed by atoms with E-state index < -0.39 is 9.84 Å². The van der Waals surface area contributed by atoms with E-state index in [9.17, 15) is 18.0 Å². The highest BCUT2D eigenvalue weighted by molar-refractivity contribution is 7.91. The van der Waals surface area contributed by atoms with Gasteiger partial charge in [0.15, 0.2) is 22.2 Å². The largest absolute Gasteiger partial charge is 0.484 e. The van der Waals surface area contributed by atoms with Crippen LogP contribution in [0.1, 0.15) is 35.2 Å². The number of sulfone groups is 1. The molecule has 0 radical (unpaired) electrons. The lowest BCUT2D eigenvalue weighted by atomic mass is 10.0. The molecule has 2 aromatic rings. The van der Waals surface area contributed by atoms with Gasteiger partial charge in [0.1, 0.15) is 5.75 Å². The predicted octanol–water partition coefficient (Wildman–Crippen LogP) is 2.49. The van der Waals surface area contributed by atoms with Gasteiger partial charge >= 0.3 is 0 Å². The van der Waals surface area contributed by atoms with E-state index in [1.54, 1.807) is 41.3 Å². The molecule has 4 rings (SSSR count). The summed E-state index contributed by atoms with van der Waals surface area (Å²) >= 11 is 0. The zero-order valence-corrected chi connectivity index (χ0v) is 18.6. The fourth-order valence-electron chi connectivity index (χ4n) is 4.17. The number of carbonyl (C=O) groups excluding carboxylic acids is 2. The van der Waals surface area contributed by atoms with Crippen molar-refractivity contribution in [1.29, 1.82) is 0 Å². The van der Waals surface area contributed by atoms with Crippen LogP contribution in [-0.4, -0.2) is 68.4 Å². The zero-order chi connectivity index (χ0) is 22.6. The van der Waals surface area contributed by atoms with Crippen molar-refractivity contribution in [2.75, 3.05) is 31.3 Å². The summed E-state index contributed by atoms with van der Waals surface area (Å²) in [6.45, 7) is 0.850. The van der Waals surface area contributed by atoms with Crippen LogP contribution in [0.4, 0.5) is 0 Å². The molecule has 1 amide bonds. The highest BCUT2D eigenvalue weighted by atomic mass is 32.2. The number of carbonyl (C=O) groups is 2. The minimum Gasteiger partial charge on any atom is -0.484 e. The molecule has 0 saturated carbocycles. The molecule has 2 saturated heterocycles. The van der Waals surface area contributed by atoms with Gasteiger partial charge in [0, 0.05) is 30.3 Å². The van der Waals surface area contributed by atoms with Crippen molar-refractivity contribution in [1.82, 2.24) is 4.90 Å². The molecule has 0 bridgehead atoms. The van der Waals surface area contributed by atoms with Crippen molar-refractivity contribution >= 4 is 21.5 Å². The lowest BCUT2D eigenvalue weighted by Crippen LogP contribution is -2.47. The SMILES string of the molecule is O=C(c1ccccc1)c1ccc(OCC(=O)N(C[C@@H]2CCCO2)[C@H]2CCS(=O)(=O)C2)cc1. The number of amides is 1. The van der Waals surface area contributed by atoms with E-state index in [0.29, 0.717) is 36.4 Å². The highest BCUT2D eigenvalue weighted by Crippen LogP contribution is 2.22. The van der Waals surface area contributed by atoms with E-state index >= 15 is 0 Å². The Morgan fingerprint density at radius 1 is 1.00 bits per heavy atom. The molecule has 2 aliphatic rings. The van der Waals surface area contributed by atoms with Gasteiger partial charge in [-0.2, -0.15) is 0 Å². The topological polar surface area (TPSA) is 90.0 Å². The van der Waals surface area contributed by atoms with Gasteiger partial charge in [-0.15, -0.1) is 0 Å². The summed E-state index contributed by atoms with van der Waals surface area (Å²) < 4.78 is 35.2. The van der Waals surface area contributed by atoms with Gasteiger partial charge in [0.05, 0.1) is 17.6 Å². The van der Waals surface area contributed by atoms with E-state index in [1.165, 1.54) is 0 Å². The summed E-state index contributed by atoms with van der Waals surface area (Å²) in [7, 11) is -3.12. The summed E-state index contributed by atoms with van der Waals surface area (Å²) in [5.74, 6) is 0.219. The smallest absolute Gasteiger partial charge is 0.260 e. The van der Waals surface area contributed by atoms with Gasteiger partial charge in [-0.1, -0.05) is 30.3 Å². The van der Waals surface area contributed by atoms with Crippen LogP contribution in [0, 0.1) is 0 Å². The normalized spacial score (nSPS) is 21.9. The van der Waals surface area contributed by atoms with E-state index in [2.05, 4.69) is 0 Å². The average Bonchev–Trinajstić information content (AvgIpc) is 3.45. The molecule has 32 heavy (non-hydrogen) atoms. The molecule has 0 N–H and O–H groups in total. The third-order valence-corrected chi connectivity index (χ3v) is 7.66. The van der Waals surface area contributed by atoms with E-state index in [4.69, 9.17) is 9.47 Å². The first-order valence-electron chi connectivity index (χ1n) is 10.9. The second-order valence-corrected chi connectivity index (χ2v) is 10.5. The molecule has 170 valence electrons. The van der Waals surface area contributed by atoms with Gasteiger partial charge < -0.3 is 14.4 Å². The first kappa shape index (κ1) is 22.5. The monoisotopic (exact) mass is 457 g/mol. The summed E-state index contributed by atoms with van der Waals surface area (Å²) in [4.78, 5) is 27.1. The van der Waals surface area contributed by atoms with Gasteiger partial charge in [0.25, 0.3) is 5.91 Å². The Balaban J connectivity index is 1.38. The van der Waals surface area contributed by atoms with Crippen molar-refractivity contribution in [3.8, 4) is 5.75 Å². The second kappa shape index (κ2) is 9.83. The Morgan fingerprint density at radius 3 is 2.34 bits per heavy atom. The summed E-state index contributed by atoms with van der Waals surface area (Å²) in [6, 6.07) is 15.3. The first-order chi connectivity index (χ1) is 15.4. The van der Waals surface area contributed by atoms with Crippen molar-refractivity contribution in [2.24, 2.45) is 0 Å². The van der Waals surface area contributed by atoms with Crippen molar-refractivity contribution in [3.05, 3.63) is 65.7 Å². The van der Waals surface area contributed by atoms with E-state index in [1.807, 2.05) is 18.2 Å². The van der Waals surface area contributed by atoms with Crippen LogP contribution in [0.15, 0.2) is 54.6 Å². The molecule has 0 aromatic heterocycles. The van der Waals surface area contributed by atoms with Crippen molar-refractivity contribution in [3.63, 3.8) is 0 Å². The zero-order valence-electron chi connectivity index (χ0n) is 17.8. The van der Waals surface area contributed by atoms with Crippen LogP contribution in [0.5, 0.6) is 5.75 Å².